The van der Waals surface area contributed by atoms with Crippen LogP contribution in [0.5, 0.6) is 0 Å². The number of rotatable bonds is 2. The predicted octanol–water partition coefficient (Wildman–Crippen LogP) is 5.77. The van der Waals surface area contributed by atoms with Gasteiger partial charge in [-0.05, 0) is 124 Å². The molecule has 1 heteroatoms. The quantitative estimate of drug-likeness (QED) is 0.629. The van der Waals surface area contributed by atoms with E-state index in [1.807, 2.05) is 6.92 Å². The number of carbonyl (C=O) groups is 1. The van der Waals surface area contributed by atoms with Crippen molar-refractivity contribution in [3.63, 3.8) is 0 Å². The average Bonchev–Trinajstić information content (AvgIpc) is 2.42. The first-order valence-corrected chi connectivity index (χ1v) is 10.8. The molecule has 8 rings (SSSR count). The van der Waals surface area contributed by atoms with Gasteiger partial charge in [0.1, 0.15) is 5.78 Å². The molecule has 0 N–H and O–H groups in total. The van der Waals surface area contributed by atoms with Crippen LogP contribution in [0.2, 0.25) is 0 Å². The Morgan fingerprint density at radius 3 is 1.62 bits per heavy atom. The number of ketones is 1. The van der Waals surface area contributed by atoms with Gasteiger partial charge in [0.2, 0.25) is 0 Å². The molecular weight excluding hydrogens is 292 g/mol. The monoisotopic (exact) mass is 326 g/mol. The average molecular weight is 327 g/mol. The molecule has 0 saturated heterocycles. The van der Waals surface area contributed by atoms with Gasteiger partial charge in [0.05, 0.1) is 0 Å². The van der Waals surface area contributed by atoms with Crippen LogP contribution in [0.4, 0.5) is 0 Å². The number of Topliss-reactive ketones (excluding diaryl/α,β-unsaturated/α-hetero) is 1. The van der Waals surface area contributed by atoms with Crippen molar-refractivity contribution in [1.82, 2.24) is 0 Å². The van der Waals surface area contributed by atoms with Crippen LogP contribution in [0.15, 0.2) is 0 Å². The van der Waals surface area contributed by atoms with E-state index >= 15 is 0 Å². The highest BCUT2D eigenvalue weighted by Gasteiger charge is 2.69. The summed E-state index contributed by atoms with van der Waals surface area (Å²) in [7, 11) is 0. The van der Waals surface area contributed by atoms with Gasteiger partial charge in [-0.25, -0.2) is 0 Å². The van der Waals surface area contributed by atoms with Crippen LogP contribution in [0, 0.1) is 45.3 Å². The minimum atomic E-state index is 0.105. The first-order chi connectivity index (χ1) is 11.3. The van der Waals surface area contributed by atoms with Gasteiger partial charge in [0.15, 0.2) is 0 Å². The van der Waals surface area contributed by atoms with Gasteiger partial charge in [0.25, 0.3) is 0 Å². The van der Waals surface area contributed by atoms with Crippen molar-refractivity contribution in [1.29, 1.82) is 0 Å². The van der Waals surface area contributed by atoms with E-state index < -0.39 is 0 Å². The Labute approximate surface area is 147 Å². The fourth-order valence-corrected chi connectivity index (χ4v) is 10.6. The molecule has 0 aromatic rings. The van der Waals surface area contributed by atoms with E-state index in [2.05, 4.69) is 6.92 Å². The highest BCUT2D eigenvalue weighted by atomic mass is 16.1. The Morgan fingerprint density at radius 2 is 1.17 bits per heavy atom. The summed E-state index contributed by atoms with van der Waals surface area (Å²) in [6.07, 6.45) is 17.4. The van der Waals surface area contributed by atoms with Gasteiger partial charge in [-0.1, -0.05) is 6.92 Å². The Balaban J connectivity index is 1.46. The van der Waals surface area contributed by atoms with Crippen molar-refractivity contribution >= 4 is 5.78 Å². The highest BCUT2D eigenvalue weighted by Crippen LogP contribution is 2.78. The zero-order valence-corrected chi connectivity index (χ0v) is 15.7. The Morgan fingerprint density at radius 1 is 0.708 bits per heavy atom. The SMILES string of the molecule is CC(=O)C12CC3CC(C1)CC(C14CC5CC(CC(C)(C5)C1)C4)(C3)C2. The molecule has 4 unspecified atom stereocenters. The zero-order valence-electron chi connectivity index (χ0n) is 15.7. The predicted molar refractivity (Wildman–Crippen MR) is 95.5 cm³/mol. The fourth-order valence-electron chi connectivity index (χ4n) is 10.6. The van der Waals surface area contributed by atoms with Crippen molar-refractivity contribution in [2.75, 3.05) is 0 Å². The van der Waals surface area contributed by atoms with Gasteiger partial charge >= 0.3 is 0 Å². The molecule has 8 aliphatic rings. The van der Waals surface area contributed by atoms with Crippen LogP contribution in [0.3, 0.4) is 0 Å². The van der Waals surface area contributed by atoms with Crippen molar-refractivity contribution < 1.29 is 4.79 Å². The largest absolute Gasteiger partial charge is 0.299 e. The van der Waals surface area contributed by atoms with Crippen molar-refractivity contribution in [3.8, 4) is 0 Å². The van der Waals surface area contributed by atoms with Gasteiger partial charge < -0.3 is 0 Å². The Bertz CT molecular complexity index is 588. The molecule has 0 aliphatic heterocycles. The first-order valence-electron chi connectivity index (χ1n) is 10.8. The van der Waals surface area contributed by atoms with Crippen molar-refractivity contribution in [3.05, 3.63) is 0 Å². The van der Waals surface area contributed by atoms with Gasteiger partial charge in [-0.15, -0.1) is 0 Å². The third-order valence-electron chi connectivity index (χ3n) is 10.3. The Hall–Kier alpha value is -0.330. The molecule has 0 amide bonds. The summed E-state index contributed by atoms with van der Waals surface area (Å²) < 4.78 is 0. The number of carbonyl (C=O) groups excluding carboxylic acids is 1. The summed E-state index contributed by atoms with van der Waals surface area (Å²) in [6.45, 7) is 4.56. The molecule has 0 spiro atoms. The van der Waals surface area contributed by atoms with Crippen molar-refractivity contribution in [2.24, 2.45) is 45.3 Å². The van der Waals surface area contributed by atoms with E-state index in [1.165, 1.54) is 77.0 Å². The minimum absolute atomic E-state index is 0.105. The number of hydrogen-bond acceptors (Lipinski definition) is 1. The minimum Gasteiger partial charge on any atom is -0.299 e. The van der Waals surface area contributed by atoms with E-state index in [-0.39, 0.29) is 5.41 Å². The first kappa shape index (κ1) is 14.8. The zero-order chi connectivity index (χ0) is 16.4. The lowest BCUT2D eigenvalue weighted by Crippen LogP contribution is -2.65. The normalized spacial score (nSPS) is 63.1. The molecule has 132 valence electrons. The van der Waals surface area contributed by atoms with E-state index in [9.17, 15) is 4.79 Å². The summed E-state index contributed by atoms with van der Waals surface area (Å²) in [5.41, 5.74) is 1.94. The molecule has 0 aromatic carbocycles. The molecule has 24 heavy (non-hydrogen) atoms. The molecule has 8 aliphatic carbocycles. The van der Waals surface area contributed by atoms with Crippen LogP contribution in [-0.4, -0.2) is 5.78 Å². The standard InChI is InChI=1S/C23H34O/c1-15(24)21-7-18-4-19(8-21)12-23(11-18,14-21)22-9-16-3-17(10-22)6-20(2,5-16)13-22/h16-19H,3-14H2,1-2H3. The summed E-state index contributed by atoms with van der Waals surface area (Å²) in [6, 6.07) is 0. The second-order valence-corrected chi connectivity index (χ2v) is 12.1. The van der Waals surface area contributed by atoms with Crippen molar-refractivity contribution in [2.45, 2.75) is 90.9 Å². The summed E-state index contributed by atoms with van der Waals surface area (Å²) in [5, 5.41) is 0. The molecule has 0 radical (unpaired) electrons. The van der Waals surface area contributed by atoms with Crippen LogP contribution in [-0.2, 0) is 4.79 Å². The second-order valence-electron chi connectivity index (χ2n) is 12.1. The van der Waals surface area contributed by atoms with E-state index in [1.54, 1.807) is 0 Å². The maximum atomic E-state index is 12.7. The molecule has 8 bridgehead atoms. The van der Waals surface area contributed by atoms with E-state index in [0.29, 0.717) is 22.0 Å². The molecule has 8 saturated carbocycles. The highest BCUT2D eigenvalue weighted by molar-refractivity contribution is 5.83. The number of hydrogen-bond donors (Lipinski definition) is 0. The third kappa shape index (κ3) is 1.66. The molecule has 4 atom stereocenters. The molecule has 0 aromatic heterocycles. The lowest BCUT2D eigenvalue weighted by molar-refractivity contribution is -0.232. The fraction of sp³-hybridized carbons (Fsp3) is 0.957. The van der Waals surface area contributed by atoms with E-state index in [4.69, 9.17) is 0 Å². The lowest BCUT2D eigenvalue weighted by atomic mass is 9.31. The van der Waals surface area contributed by atoms with Gasteiger partial charge in [-0.3, -0.25) is 4.79 Å². The summed E-state index contributed by atoms with van der Waals surface area (Å²) in [5.74, 6) is 4.37. The maximum Gasteiger partial charge on any atom is 0.136 e. The molecule has 0 heterocycles. The van der Waals surface area contributed by atoms with Crippen LogP contribution >= 0.6 is 0 Å². The summed E-state index contributed by atoms with van der Waals surface area (Å²) >= 11 is 0. The van der Waals surface area contributed by atoms with E-state index in [0.717, 1.165) is 23.7 Å². The smallest absolute Gasteiger partial charge is 0.136 e. The third-order valence-corrected chi connectivity index (χ3v) is 10.3. The molecule has 1 nitrogen and oxygen atoms in total. The van der Waals surface area contributed by atoms with Crippen LogP contribution in [0.25, 0.3) is 0 Å². The Kier molecular flexibility index (Phi) is 2.56. The van der Waals surface area contributed by atoms with Gasteiger partial charge in [0, 0.05) is 5.41 Å². The van der Waals surface area contributed by atoms with Crippen LogP contribution in [0.1, 0.15) is 90.9 Å². The molecular formula is C23H34O. The van der Waals surface area contributed by atoms with Crippen LogP contribution < -0.4 is 0 Å². The second kappa shape index (κ2) is 4.15. The summed E-state index contributed by atoms with van der Waals surface area (Å²) in [4.78, 5) is 12.7. The molecule has 8 fully saturated rings. The maximum absolute atomic E-state index is 12.7. The van der Waals surface area contributed by atoms with Gasteiger partial charge in [-0.2, -0.15) is 0 Å². The topological polar surface area (TPSA) is 17.1 Å². The lowest BCUT2D eigenvalue weighted by Gasteiger charge is -2.73.